The number of ketones is 1. The fourth-order valence-electron chi connectivity index (χ4n) is 4.81. The molecule has 1 aliphatic heterocycles. The van der Waals surface area contributed by atoms with Crippen molar-refractivity contribution < 1.29 is 9.36 Å². The Bertz CT molecular complexity index is 1360. The molecule has 174 valence electrons. The van der Waals surface area contributed by atoms with Crippen molar-refractivity contribution >= 4 is 50.9 Å². The lowest BCUT2D eigenvalue weighted by Crippen LogP contribution is -2.37. The van der Waals surface area contributed by atoms with Gasteiger partial charge in [-0.3, -0.25) is 4.79 Å². The Hall–Kier alpha value is -2.83. The lowest BCUT2D eigenvalue weighted by atomic mass is 9.84. The van der Waals surface area contributed by atoms with E-state index in [2.05, 4.69) is 103 Å². The molecule has 0 N–H and O–H groups in total. The summed E-state index contributed by atoms with van der Waals surface area (Å²) in [4.78, 5) is 19.4. The van der Waals surface area contributed by atoms with Crippen LogP contribution in [0.2, 0.25) is 0 Å². The highest BCUT2D eigenvalue weighted by atomic mass is 32.2. The normalized spacial score (nSPS) is 17.8. The minimum absolute atomic E-state index is 0.141. The highest BCUT2D eigenvalue weighted by Gasteiger charge is 2.37. The number of Topliss-reactive ketones (excluding diaryl/α,β-unsaturated/α-hetero) is 1. The van der Waals surface area contributed by atoms with Crippen LogP contribution in [0, 0.1) is 0 Å². The first-order valence-corrected chi connectivity index (χ1v) is 13.7. The van der Waals surface area contributed by atoms with E-state index in [1.165, 1.54) is 20.8 Å². The second-order valence-electron chi connectivity index (χ2n) is 8.27. The Morgan fingerprint density at radius 2 is 1.71 bits per heavy atom. The van der Waals surface area contributed by atoms with Gasteiger partial charge in [0.15, 0.2) is 5.78 Å². The van der Waals surface area contributed by atoms with Gasteiger partial charge in [-0.2, -0.15) is 4.57 Å². The summed E-state index contributed by atoms with van der Waals surface area (Å²) in [7, 11) is 0. The summed E-state index contributed by atoms with van der Waals surface area (Å²) in [6, 6.07) is 16.9. The van der Waals surface area contributed by atoms with Crippen LogP contribution >= 0.6 is 23.1 Å². The highest BCUT2D eigenvalue weighted by molar-refractivity contribution is 8.03. The molecule has 1 aromatic heterocycles. The number of carbonyl (C=O) groups excluding carboxylic acids is 1. The van der Waals surface area contributed by atoms with Crippen molar-refractivity contribution in [2.45, 2.75) is 39.1 Å². The number of thioether (sulfide) groups is 1. The predicted molar refractivity (Wildman–Crippen MR) is 144 cm³/mol. The number of carbonyl (C=O) groups is 1. The molecule has 0 amide bonds. The van der Waals surface area contributed by atoms with E-state index in [0.717, 1.165) is 53.1 Å². The molecule has 0 unspecified atom stereocenters. The van der Waals surface area contributed by atoms with Crippen molar-refractivity contribution in [3.8, 4) is 0 Å². The Kier molecular flexibility index (Phi) is 6.36. The van der Waals surface area contributed by atoms with Crippen molar-refractivity contribution in [3.63, 3.8) is 0 Å². The fourth-order valence-corrected chi connectivity index (χ4v) is 7.15. The minimum Gasteiger partial charge on any atom is -0.371 e. The minimum atomic E-state index is 0.141. The van der Waals surface area contributed by atoms with E-state index in [9.17, 15) is 4.79 Å². The largest absolute Gasteiger partial charge is 0.371 e. The van der Waals surface area contributed by atoms with Gasteiger partial charge in [-0.15, -0.1) is 0 Å². The Balaban J connectivity index is 1.61. The molecular weight excluding hydrogens is 458 g/mol. The van der Waals surface area contributed by atoms with Gasteiger partial charge in [0.25, 0.3) is 5.01 Å². The smallest absolute Gasteiger partial charge is 0.263 e. The summed E-state index contributed by atoms with van der Waals surface area (Å²) in [5.41, 5.74) is 5.18. The molecule has 6 heteroatoms. The van der Waals surface area contributed by atoms with Crippen LogP contribution in [0.1, 0.15) is 32.7 Å². The van der Waals surface area contributed by atoms with Gasteiger partial charge in [0.05, 0.1) is 22.0 Å². The number of hydrogen-bond donors (Lipinski definition) is 0. The zero-order chi connectivity index (χ0) is 23.8. The maximum atomic E-state index is 13.6. The Labute approximate surface area is 209 Å². The third-order valence-corrected chi connectivity index (χ3v) is 8.75. The van der Waals surface area contributed by atoms with Crippen molar-refractivity contribution in [2.75, 3.05) is 24.5 Å². The van der Waals surface area contributed by atoms with Gasteiger partial charge in [-0.1, -0.05) is 47.4 Å². The number of likely N-dealkylation sites (N-methyl/N-ethyl adjacent to an activating group) is 1. The molecule has 5 rings (SSSR count). The van der Waals surface area contributed by atoms with Gasteiger partial charge in [0.1, 0.15) is 11.2 Å². The van der Waals surface area contributed by atoms with Gasteiger partial charge >= 0.3 is 0 Å². The maximum Gasteiger partial charge on any atom is 0.263 e. The molecule has 2 aromatic carbocycles. The topological polar surface area (TPSA) is 27.4 Å². The second-order valence-corrected chi connectivity index (χ2v) is 10.4. The first-order chi connectivity index (χ1) is 16.6. The first-order valence-electron chi connectivity index (χ1n) is 12.0. The number of benzene rings is 2. The predicted octanol–water partition coefficient (Wildman–Crippen LogP) is 6.24. The van der Waals surface area contributed by atoms with Crippen LogP contribution < -0.4 is 9.47 Å². The number of aryl methyl sites for hydroxylation is 1. The van der Waals surface area contributed by atoms with E-state index >= 15 is 0 Å². The zero-order valence-electron chi connectivity index (χ0n) is 20.2. The van der Waals surface area contributed by atoms with Crippen LogP contribution in [-0.2, 0) is 11.3 Å². The maximum absolute atomic E-state index is 13.6. The number of hydrogen-bond acceptors (Lipinski definition) is 5. The molecule has 0 fully saturated rings. The summed E-state index contributed by atoms with van der Waals surface area (Å²) < 4.78 is 3.55. The molecule has 0 atom stereocenters. The van der Waals surface area contributed by atoms with Crippen LogP contribution in [0.15, 0.2) is 81.4 Å². The van der Waals surface area contributed by atoms with Gasteiger partial charge in [0.2, 0.25) is 5.52 Å². The highest BCUT2D eigenvalue weighted by Crippen LogP contribution is 2.47. The van der Waals surface area contributed by atoms with E-state index < -0.39 is 0 Å². The van der Waals surface area contributed by atoms with E-state index in [0.29, 0.717) is 0 Å². The molecule has 3 aromatic rings. The number of rotatable bonds is 7. The number of para-hydroxylation sites is 2. The number of thiazole rings is 1. The average Bonchev–Trinajstić information content (AvgIpc) is 3.41. The Morgan fingerprint density at radius 1 is 0.971 bits per heavy atom. The van der Waals surface area contributed by atoms with E-state index in [4.69, 9.17) is 0 Å². The molecule has 2 heterocycles. The molecule has 0 saturated heterocycles. The fraction of sp³-hybridized carbons (Fsp3) is 0.286. The van der Waals surface area contributed by atoms with Crippen LogP contribution in [0.25, 0.3) is 16.3 Å². The lowest BCUT2D eigenvalue weighted by Gasteiger charge is -2.34. The number of aromatic nitrogens is 1. The zero-order valence-corrected chi connectivity index (χ0v) is 21.8. The van der Waals surface area contributed by atoms with Crippen LogP contribution in [0.3, 0.4) is 0 Å². The summed E-state index contributed by atoms with van der Waals surface area (Å²) in [5.74, 6) is 0.141. The number of allylic oxidation sites excluding steroid dienone is 3. The summed E-state index contributed by atoms with van der Waals surface area (Å²) in [6.07, 6.45) is 4.22. The summed E-state index contributed by atoms with van der Waals surface area (Å²) in [6.45, 7) is 12.1. The molecule has 4 nitrogen and oxygen atoms in total. The van der Waals surface area contributed by atoms with Crippen molar-refractivity contribution in [1.82, 2.24) is 4.90 Å². The lowest BCUT2D eigenvalue weighted by molar-refractivity contribution is -0.665. The molecule has 34 heavy (non-hydrogen) atoms. The summed E-state index contributed by atoms with van der Waals surface area (Å²) in [5, 5.41) is 2.25. The molecule has 0 spiro atoms. The number of nitrogens with zero attached hydrogens (tertiary/aromatic N) is 3. The third-order valence-electron chi connectivity index (χ3n) is 6.52. The first kappa shape index (κ1) is 22.9. The van der Waals surface area contributed by atoms with Crippen LogP contribution in [-0.4, -0.2) is 30.3 Å². The van der Waals surface area contributed by atoms with Crippen molar-refractivity contribution in [2.24, 2.45) is 0 Å². The molecular formula is C28H30N3OS2+. The Morgan fingerprint density at radius 3 is 2.44 bits per heavy atom. The van der Waals surface area contributed by atoms with Gasteiger partial charge in [-0.05, 0) is 52.0 Å². The standard InChI is InChI=1S/C28H30N3OS2/c1-5-29(6-2)27-19(17-25-30(7-3)21-13-9-11-15-23(21)33-25)28(32)20(27)18-26-31(8-4)22-14-10-12-16-24(22)34-26/h9-18H,5-8H2,1-4H3/q+1. The van der Waals surface area contributed by atoms with Crippen LogP contribution in [0.5, 0.6) is 0 Å². The number of anilines is 1. The SMILES string of the molecule is CCN(CC)C1=C(/C=C2\Sc3ccccc3N2CC)C(=O)/C1=C\c1sc2ccccc2[n+]1CC. The molecule has 2 aliphatic rings. The van der Waals surface area contributed by atoms with E-state index in [-0.39, 0.29) is 5.78 Å². The average molecular weight is 489 g/mol. The third kappa shape index (κ3) is 3.69. The van der Waals surface area contributed by atoms with Gasteiger partial charge in [0, 0.05) is 42.2 Å². The quantitative estimate of drug-likeness (QED) is 0.290. The molecule has 1 aliphatic carbocycles. The van der Waals surface area contributed by atoms with E-state index in [1.54, 1.807) is 23.1 Å². The van der Waals surface area contributed by atoms with Crippen molar-refractivity contribution in [1.29, 1.82) is 0 Å². The molecule has 0 radical (unpaired) electrons. The summed E-state index contributed by atoms with van der Waals surface area (Å²) >= 11 is 3.50. The monoisotopic (exact) mass is 488 g/mol. The van der Waals surface area contributed by atoms with Crippen molar-refractivity contribution in [3.05, 3.63) is 81.5 Å². The molecule has 0 bridgehead atoms. The van der Waals surface area contributed by atoms with Crippen LogP contribution in [0.4, 0.5) is 5.69 Å². The molecule has 0 saturated carbocycles. The second kappa shape index (κ2) is 9.43. The number of fused-ring (bicyclic) bond motifs is 2. The van der Waals surface area contributed by atoms with Gasteiger partial charge < -0.3 is 9.80 Å². The van der Waals surface area contributed by atoms with Gasteiger partial charge in [-0.25, -0.2) is 0 Å². The van der Waals surface area contributed by atoms with E-state index in [1.807, 2.05) is 0 Å².